The van der Waals surface area contributed by atoms with Crippen molar-refractivity contribution in [1.82, 2.24) is 9.97 Å². The van der Waals surface area contributed by atoms with Crippen LogP contribution in [-0.2, 0) is 0 Å². The van der Waals surface area contributed by atoms with E-state index in [1.54, 1.807) is 12.1 Å². The second-order valence-electron chi connectivity index (χ2n) is 4.92. The van der Waals surface area contributed by atoms with E-state index in [0.717, 1.165) is 24.2 Å². The normalized spacial score (nSPS) is 14.4. The van der Waals surface area contributed by atoms with Crippen LogP contribution in [0.5, 0.6) is 0 Å². The van der Waals surface area contributed by atoms with Gasteiger partial charge in [0.25, 0.3) is 0 Å². The number of benzene rings is 1. The zero-order chi connectivity index (χ0) is 13.4. The summed E-state index contributed by atoms with van der Waals surface area (Å²) in [6.07, 6.45) is 2.20. The van der Waals surface area contributed by atoms with Gasteiger partial charge in [-0.15, -0.1) is 0 Å². The first-order valence-electron chi connectivity index (χ1n) is 6.29. The van der Waals surface area contributed by atoms with E-state index < -0.39 is 0 Å². The Hall–Kier alpha value is -2.17. The number of nitrogen functional groups attached to an aromatic ring is 1. The van der Waals surface area contributed by atoms with Crippen LogP contribution in [0.25, 0.3) is 0 Å². The molecule has 19 heavy (non-hydrogen) atoms. The summed E-state index contributed by atoms with van der Waals surface area (Å²) in [6, 6.07) is 6.64. The predicted octanol–water partition coefficient (Wildman–Crippen LogP) is 3.13. The zero-order valence-corrected chi connectivity index (χ0v) is 10.7. The number of hydrogen-bond donors (Lipinski definition) is 2. The highest BCUT2D eigenvalue weighted by atomic mass is 19.1. The Labute approximate surface area is 110 Å². The number of aromatic nitrogens is 2. The molecule has 0 amide bonds. The van der Waals surface area contributed by atoms with Gasteiger partial charge in [-0.05, 0) is 37.5 Å². The molecule has 0 saturated heterocycles. The topological polar surface area (TPSA) is 63.8 Å². The number of halogens is 1. The number of nitrogens with two attached hydrogens (primary N) is 1. The van der Waals surface area contributed by atoms with Crippen molar-refractivity contribution in [2.45, 2.75) is 25.7 Å². The molecule has 0 atom stereocenters. The van der Waals surface area contributed by atoms with Crippen LogP contribution in [0.3, 0.4) is 0 Å². The first-order valence-corrected chi connectivity index (χ1v) is 6.29. The average Bonchev–Trinajstić information content (AvgIpc) is 3.16. The van der Waals surface area contributed by atoms with Gasteiger partial charge in [0.15, 0.2) is 0 Å². The van der Waals surface area contributed by atoms with E-state index in [0.29, 0.717) is 23.2 Å². The van der Waals surface area contributed by atoms with E-state index >= 15 is 0 Å². The molecule has 1 heterocycles. The van der Waals surface area contributed by atoms with Crippen LogP contribution in [0.4, 0.5) is 21.7 Å². The molecule has 3 N–H and O–H groups in total. The molecule has 3 rings (SSSR count). The van der Waals surface area contributed by atoms with Crippen molar-refractivity contribution in [2.75, 3.05) is 11.1 Å². The third-order valence-electron chi connectivity index (χ3n) is 3.09. The Kier molecular flexibility index (Phi) is 2.81. The number of rotatable bonds is 3. The Balaban J connectivity index is 1.89. The number of nitrogens with zero attached hydrogens (tertiary/aromatic N) is 2. The standard InChI is InChI=1S/C14H15FN4/c1-8-2-5-11(10(15)6-8)17-13-7-12(16)18-14(19-13)9-3-4-9/h2,5-7,9H,3-4H2,1H3,(H3,16,17,18,19). The minimum absolute atomic E-state index is 0.301. The van der Waals surface area contributed by atoms with E-state index in [1.807, 2.05) is 13.0 Å². The minimum atomic E-state index is -0.301. The van der Waals surface area contributed by atoms with Gasteiger partial charge in [-0.2, -0.15) is 0 Å². The molecule has 5 heteroatoms. The summed E-state index contributed by atoms with van der Waals surface area (Å²) < 4.78 is 13.8. The molecule has 98 valence electrons. The molecular weight excluding hydrogens is 243 g/mol. The number of hydrogen-bond acceptors (Lipinski definition) is 4. The molecule has 1 aliphatic rings. The fourth-order valence-corrected chi connectivity index (χ4v) is 1.93. The van der Waals surface area contributed by atoms with E-state index in [-0.39, 0.29) is 5.82 Å². The van der Waals surface area contributed by atoms with Crippen molar-refractivity contribution >= 4 is 17.3 Å². The maximum absolute atomic E-state index is 13.8. The fourth-order valence-electron chi connectivity index (χ4n) is 1.93. The van der Waals surface area contributed by atoms with Gasteiger partial charge in [0.2, 0.25) is 0 Å². The summed E-state index contributed by atoms with van der Waals surface area (Å²) >= 11 is 0. The van der Waals surface area contributed by atoms with E-state index in [1.165, 1.54) is 6.07 Å². The Morgan fingerprint density at radius 1 is 1.26 bits per heavy atom. The maximum atomic E-state index is 13.8. The number of aryl methyl sites for hydroxylation is 1. The summed E-state index contributed by atoms with van der Waals surface area (Å²) in [5, 5.41) is 2.96. The van der Waals surface area contributed by atoms with Crippen LogP contribution in [-0.4, -0.2) is 9.97 Å². The Morgan fingerprint density at radius 3 is 2.74 bits per heavy atom. The SMILES string of the molecule is Cc1ccc(Nc2cc(N)nc(C3CC3)n2)c(F)c1. The first kappa shape index (κ1) is 11.9. The number of anilines is 3. The molecule has 1 aliphatic carbocycles. The molecule has 1 aromatic heterocycles. The number of nitrogens with one attached hydrogen (secondary N) is 1. The van der Waals surface area contributed by atoms with Gasteiger partial charge >= 0.3 is 0 Å². The molecule has 0 spiro atoms. The van der Waals surface area contributed by atoms with Crippen molar-refractivity contribution in [1.29, 1.82) is 0 Å². The maximum Gasteiger partial charge on any atom is 0.146 e. The van der Waals surface area contributed by atoms with Crippen molar-refractivity contribution < 1.29 is 4.39 Å². The molecule has 4 nitrogen and oxygen atoms in total. The van der Waals surface area contributed by atoms with Crippen LogP contribution >= 0.6 is 0 Å². The molecule has 1 aromatic carbocycles. The second kappa shape index (κ2) is 4.50. The summed E-state index contributed by atoms with van der Waals surface area (Å²) in [5.74, 6) is 1.80. The molecule has 0 aliphatic heterocycles. The predicted molar refractivity (Wildman–Crippen MR) is 72.8 cm³/mol. The van der Waals surface area contributed by atoms with Gasteiger partial charge in [0.1, 0.15) is 23.3 Å². The molecular formula is C14H15FN4. The van der Waals surface area contributed by atoms with Gasteiger partial charge in [-0.1, -0.05) is 6.07 Å². The summed E-state index contributed by atoms with van der Waals surface area (Å²) in [4.78, 5) is 8.59. The lowest BCUT2D eigenvalue weighted by molar-refractivity contribution is 0.630. The summed E-state index contributed by atoms with van der Waals surface area (Å²) in [5.41, 5.74) is 7.03. The lowest BCUT2D eigenvalue weighted by Crippen LogP contribution is -2.03. The quantitative estimate of drug-likeness (QED) is 0.887. The highest BCUT2D eigenvalue weighted by molar-refractivity contribution is 5.59. The third-order valence-corrected chi connectivity index (χ3v) is 3.09. The Morgan fingerprint density at radius 2 is 2.05 bits per heavy atom. The van der Waals surface area contributed by atoms with E-state index in [2.05, 4.69) is 15.3 Å². The highest BCUT2D eigenvalue weighted by Gasteiger charge is 2.27. The van der Waals surface area contributed by atoms with Crippen LogP contribution in [0.15, 0.2) is 24.3 Å². The van der Waals surface area contributed by atoms with Gasteiger partial charge in [0.05, 0.1) is 5.69 Å². The van der Waals surface area contributed by atoms with Crippen molar-refractivity contribution in [2.24, 2.45) is 0 Å². The average molecular weight is 258 g/mol. The molecule has 1 fully saturated rings. The summed E-state index contributed by atoms with van der Waals surface area (Å²) in [6.45, 7) is 1.85. The molecule has 2 aromatic rings. The Bertz CT molecular complexity index is 623. The lowest BCUT2D eigenvalue weighted by atomic mass is 10.2. The van der Waals surface area contributed by atoms with Gasteiger partial charge < -0.3 is 11.1 Å². The van der Waals surface area contributed by atoms with E-state index in [9.17, 15) is 4.39 Å². The van der Waals surface area contributed by atoms with Crippen LogP contribution in [0.1, 0.15) is 30.1 Å². The van der Waals surface area contributed by atoms with Crippen molar-refractivity contribution in [3.05, 3.63) is 41.5 Å². The summed E-state index contributed by atoms with van der Waals surface area (Å²) in [7, 11) is 0. The van der Waals surface area contributed by atoms with Gasteiger partial charge in [-0.3, -0.25) is 0 Å². The minimum Gasteiger partial charge on any atom is -0.384 e. The monoisotopic (exact) mass is 258 g/mol. The van der Waals surface area contributed by atoms with Crippen LogP contribution < -0.4 is 11.1 Å². The smallest absolute Gasteiger partial charge is 0.146 e. The molecule has 0 unspecified atom stereocenters. The second-order valence-corrected chi connectivity index (χ2v) is 4.92. The van der Waals surface area contributed by atoms with Gasteiger partial charge in [0, 0.05) is 12.0 Å². The van der Waals surface area contributed by atoms with Crippen LogP contribution in [0.2, 0.25) is 0 Å². The van der Waals surface area contributed by atoms with Crippen LogP contribution in [0, 0.1) is 12.7 Å². The lowest BCUT2D eigenvalue weighted by Gasteiger charge is -2.09. The third kappa shape index (κ3) is 2.65. The molecule has 0 radical (unpaired) electrons. The van der Waals surface area contributed by atoms with Crippen molar-refractivity contribution in [3.63, 3.8) is 0 Å². The largest absolute Gasteiger partial charge is 0.384 e. The molecule has 1 saturated carbocycles. The van der Waals surface area contributed by atoms with Crippen molar-refractivity contribution in [3.8, 4) is 0 Å². The fraction of sp³-hybridized carbons (Fsp3) is 0.286. The van der Waals surface area contributed by atoms with E-state index in [4.69, 9.17) is 5.73 Å². The zero-order valence-electron chi connectivity index (χ0n) is 10.7. The first-order chi connectivity index (χ1) is 9.11. The van der Waals surface area contributed by atoms with Gasteiger partial charge in [-0.25, -0.2) is 14.4 Å². The molecule has 0 bridgehead atoms. The highest BCUT2D eigenvalue weighted by Crippen LogP contribution is 2.38.